The maximum atomic E-state index is 14.2. The third-order valence-corrected chi connectivity index (χ3v) is 10.5. The zero-order valence-corrected chi connectivity index (χ0v) is 22.4. The van der Waals surface area contributed by atoms with Gasteiger partial charge >= 0.3 is 11.9 Å². The molecule has 4 aliphatic rings. The number of rotatable bonds is 1. The van der Waals surface area contributed by atoms with E-state index in [1.54, 1.807) is 12.5 Å². The Morgan fingerprint density at radius 3 is 2.29 bits per heavy atom. The number of fused-ring (bicyclic) bond motifs is 5. The summed E-state index contributed by atoms with van der Waals surface area (Å²) in [5, 5.41) is 0. The van der Waals surface area contributed by atoms with Crippen LogP contribution < -0.4 is 0 Å². The zero-order valence-electron chi connectivity index (χ0n) is 22.4. The Balaban J connectivity index is 0.00000141. The standard InChI is InChI=1S/C27H34O6.C2H6/c1-23(2)18-13-19(28)27(6)17(24(18,3)10-8-20(29)33-23)7-11-25(4)22(16-9-12-31-15-16)32-21(30)14-26(25,27)5;1-2/h8-10,12,15,17-18,22H,7,11,13-14H2,1-6H3;1-2H3/t17?,18?,22-,24+,25-,26+,27-;/m0./s1. The van der Waals surface area contributed by atoms with Crippen LogP contribution in [0.25, 0.3) is 0 Å². The Kier molecular flexibility index (Phi) is 5.93. The molecule has 2 saturated carbocycles. The summed E-state index contributed by atoms with van der Waals surface area (Å²) in [4.78, 5) is 39.6. The quantitative estimate of drug-likeness (QED) is 0.441. The lowest BCUT2D eigenvalue weighted by Gasteiger charge is -2.70. The first-order valence-electron chi connectivity index (χ1n) is 13.0. The highest BCUT2D eigenvalue weighted by molar-refractivity contribution is 5.90. The highest BCUT2D eigenvalue weighted by atomic mass is 16.6. The van der Waals surface area contributed by atoms with Crippen LogP contribution in [0.3, 0.4) is 0 Å². The minimum Gasteiger partial charge on any atom is -0.472 e. The van der Waals surface area contributed by atoms with Crippen LogP contribution in [0.2, 0.25) is 0 Å². The molecule has 7 atom stereocenters. The second-order valence-corrected chi connectivity index (χ2v) is 12.1. The summed E-state index contributed by atoms with van der Waals surface area (Å²) in [6.07, 6.45) is 8.40. The van der Waals surface area contributed by atoms with Gasteiger partial charge in [-0.15, -0.1) is 0 Å². The number of ether oxygens (including phenoxy) is 2. The van der Waals surface area contributed by atoms with Crippen LogP contribution in [0, 0.1) is 33.5 Å². The molecule has 1 saturated heterocycles. The number of ketones is 1. The Morgan fingerprint density at radius 1 is 0.971 bits per heavy atom. The normalized spacial score (nSPS) is 43.9. The van der Waals surface area contributed by atoms with E-state index in [4.69, 9.17) is 13.9 Å². The minimum absolute atomic E-state index is 0.0322. The van der Waals surface area contributed by atoms with E-state index in [-0.39, 0.29) is 36.0 Å². The van der Waals surface area contributed by atoms with Gasteiger partial charge in [0, 0.05) is 34.8 Å². The van der Waals surface area contributed by atoms with E-state index in [1.807, 2.05) is 39.8 Å². The van der Waals surface area contributed by atoms with E-state index in [2.05, 4.69) is 27.7 Å². The molecule has 3 heterocycles. The Bertz CT molecular complexity index is 1050. The van der Waals surface area contributed by atoms with Crippen molar-refractivity contribution < 1.29 is 28.3 Å². The van der Waals surface area contributed by atoms with Crippen molar-refractivity contribution in [1.29, 1.82) is 0 Å². The van der Waals surface area contributed by atoms with E-state index in [1.165, 1.54) is 6.08 Å². The molecular weight excluding hydrogens is 444 g/mol. The van der Waals surface area contributed by atoms with Gasteiger partial charge in [0.2, 0.25) is 0 Å². The molecule has 3 fully saturated rings. The molecule has 5 rings (SSSR count). The van der Waals surface area contributed by atoms with Crippen LogP contribution in [-0.2, 0) is 23.9 Å². The third-order valence-electron chi connectivity index (χ3n) is 10.5. The Morgan fingerprint density at radius 2 is 1.66 bits per heavy atom. The fraction of sp³-hybridized carbons (Fsp3) is 0.690. The van der Waals surface area contributed by atoms with Gasteiger partial charge in [-0.05, 0) is 49.5 Å². The topological polar surface area (TPSA) is 82.8 Å². The zero-order chi connectivity index (χ0) is 26.0. The predicted molar refractivity (Wildman–Crippen MR) is 131 cm³/mol. The highest BCUT2D eigenvalue weighted by Crippen LogP contribution is 2.75. The van der Waals surface area contributed by atoms with Gasteiger partial charge in [-0.3, -0.25) is 9.59 Å². The summed E-state index contributed by atoms with van der Waals surface area (Å²) in [6.45, 7) is 16.4. The number of esters is 2. The number of hydrogen-bond acceptors (Lipinski definition) is 6. The fourth-order valence-corrected chi connectivity index (χ4v) is 8.38. The molecule has 0 radical (unpaired) electrons. The monoisotopic (exact) mass is 484 g/mol. The van der Waals surface area contributed by atoms with Gasteiger partial charge in [0.15, 0.2) is 0 Å². The highest BCUT2D eigenvalue weighted by Gasteiger charge is 2.74. The second kappa shape index (κ2) is 8.07. The Labute approximate surface area is 208 Å². The lowest BCUT2D eigenvalue weighted by Crippen LogP contribution is -2.70. The first-order valence-corrected chi connectivity index (χ1v) is 13.0. The maximum Gasteiger partial charge on any atom is 0.330 e. The molecule has 192 valence electrons. The maximum absolute atomic E-state index is 14.2. The van der Waals surface area contributed by atoms with Crippen LogP contribution in [-0.4, -0.2) is 23.3 Å². The molecule has 0 bridgehead atoms. The molecule has 35 heavy (non-hydrogen) atoms. The van der Waals surface area contributed by atoms with Gasteiger partial charge in [0.05, 0.1) is 18.9 Å². The average molecular weight is 485 g/mol. The van der Waals surface area contributed by atoms with E-state index in [0.29, 0.717) is 6.42 Å². The van der Waals surface area contributed by atoms with E-state index in [9.17, 15) is 14.4 Å². The third kappa shape index (κ3) is 3.24. The lowest BCUT2D eigenvalue weighted by molar-refractivity contribution is -0.254. The SMILES string of the molecule is CC.CC1(C)OC(=O)C=C[C@@]2(C)C1CC(=O)[C@]1(C)C2CC[C@@]2(C)[C@H](c3ccoc3)OC(=O)C[C@]21C. The molecule has 0 N–H and O–H groups in total. The molecule has 0 spiro atoms. The summed E-state index contributed by atoms with van der Waals surface area (Å²) in [5.41, 5.74) is -2.18. The molecule has 2 aliphatic heterocycles. The molecule has 0 aromatic carbocycles. The molecule has 0 amide bonds. The molecule has 1 aromatic heterocycles. The molecule has 1 aromatic rings. The van der Waals surface area contributed by atoms with Crippen LogP contribution in [0.4, 0.5) is 0 Å². The van der Waals surface area contributed by atoms with Gasteiger partial charge in [-0.1, -0.05) is 47.6 Å². The van der Waals surface area contributed by atoms with Crippen LogP contribution in [0.5, 0.6) is 0 Å². The Hall–Kier alpha value is -2.37. The number of allylic oxidation sites excluding steroid dienone is 1. The van der Waals surface area contributed by atoms with Crippen molar-refractivity contribution in [3.63, 3.8) is 0 Å². The van der Waals surface area contributed by atoms with Crippen molar-refractivity contribution in [1.82, 2.24) is 0 Å². The number of carbonyl (C=O) groups excluding carboxylic acids is 3. The van der Waals surface area contributed by atoms with Crippen molar-refractivity contribution in [3.8, 4) is 0 Å². The summed E-state index contributed by atoms with van der Waals surface area (Å²) >= 11 is 0. The summed E-state index contributed by atoms with van der Waals surface area (Å²) in [5.74, 6) is -0.651. The van der Waals surface area contributed by atoms with Crippen molar-refractivity contribution in [2.75, 3.05) is 0 Å². The number of cyclic esters (lactones) is 2. The molecule has 6 nitrogen and oxygen atoms in total. The summed E-state index contributed by atoms with van der Waals surface area (Å²) < 4.78 is 17.0. The van der Waals surface area contributed by atoms with Crippen LogP contribution in [0.1, 0.15) is 92.7 Å². The van der Waals surface area contributed by atoms with E-state index < -0.39 is 33.4 Å². The summed E-state index contributed by atoms with van der Waals surface area (Å²) in [7, 11) is 0. The van der Waals surface area contributed by atoms with Gasteiger partial charge in [0.1, 0.15) is 17.5 Å². The van der Waals surface area contributed by atoms with Gasteiger partial charge in [0.25, 0.3) is 0 Å². The van der Waals surface area contributed by atoms with Gasteiger partial charge in [-0.2, -0.15) is 0 Å². The number of Topliss-reactive ketones (excluding diaryl/α,β-unsaturated/α-hetero) is 1. The van der Waals surface area contributed by atoms with Crippen molar-refractivity contribution >= 4 is 17.7 Å². The van der Waals surface area contributed by atoms with E-state index >= 15 is 0 Å². The summed E-state index contributed by atoms with van der Waals surface area (Å²) in [6, 6.07) is 1.85. The van der Waals surface area contributed by atoms with Crippen LogP contribution >= 0.6 is 0 Å². The molecular formula is C29H40O6. The average Bonchev–Trinajstić information content (AvgIpc) is 3.29. The number of carbonyl (C=O) groups is 3. The molecule has 2 aliphatic carbocycles. The molecule has 6 heteroatoms. The van der Waals surface area contributed by atoms with Gasteiger partial charge < -0.3 is 13.9 Å². The minimum atomic E-state index is -0.765. The number of hydrogen-bond donors (Lipinski definition) is 0. The van der Waals surface area contributed by atoms with Gasteiger partial charge in [-0.25, -0.2) is 4.79 Å². The molecule has 2 unspecified atom stereocenters. The smallest absolute Gasteiger partial charge is 0.330 e. The first-order chi connectivity index (χ1) is 16.3. The lowest BCUT2D eigenvalue weighted by atomic mass is 9.33. The second-order valence-electron chi connectivity index (χ2n) is 12.1. The van der Waals surface area contributed by atoms with Crippen LogP contribution in [0.15, 0.2) is 35.2 Å². The van der Waals surface area contributed by atoms with Crippen molar-refractivity contribution in [2.45, 2.75) is 92.8 Å². The fourth-order valence-electron chi connectivity index (χ4n) is 8.38. The first kappa shape index (κ1) is 25.7. The van der Waals surface area contributed by atoms with Crippen molar-refractivity contribution in [3.05, 3.63) is 36.3 Å². The van der Waals surface area contributed by atoms with Crippen molar-refractivity contribution in [2.24, 2.45) is 33.5 Å². The predicted octanol–water partition coefficient (Wildman–Crippen LogP) is 6.21. The number of furan rings is 1. The largest absolute Gasteiger partial charge is 0.472 e. The van der Waals surface area contributed by atoms with E-state index in [0.717, 1.165) is 18.4 Å².